The monoisotopic (exact) mass is 319 g/mol. The predicted molar refractivity (Wildman–Crippen MR) is 84.2 cm³/mol. The molecule has 7 heteroatoms. The van der Waals surface area contributed by atoms with Gasteiger partial charge >= 0.3 is 0 Å². The Morgan fingerprint density at radius 3 is 2.59 bits per heavy atom. The Labute approximate surface area is 128 Å². The van der Waals surface area contributed by atoms with Gasteiger partial charge in [-0.15, -0.1) is 0 Å². The highest BCUT2D eigenvalue weighted by Crippen LogP contribution is 2.22. The van der Waals surface area contributed by atoms with Crippen molar-refractivity contribution in [3.63, 3.8) is 0 Å². The van der Waals surface area contributed by atoms with Crippen LogP contribution in [0.25, 0.3) is 11.4 Å². The number of anilines is 1. The van der Waals surface area contributed by atoms with Crippen molar-refractivity contribution in [2.24, 2.45) is 5.92 Å². The Morgan fingerprint density at radius 2 is 2.05 bits per heavy atom. The van der Waals surface area contributed by atoms with E-state index in [0.717, 1.165) is 17.1 Å². The van der Waals surface area contributed by atoms with Crippen LogP contribution < -0.4 is 5.32 Å². The molecule has 0 saturated carbocycles. The minimum absolute atomic E-state index is 0.0530. The zero-order valence-corrected chi connectivity index (χ0v) is 13.0. The first kappa shape index (κ1) is 14.8. The summed E-state index contributed by atoms with van der Waals surface area (Å²) < 4.78 is 22.8. The first-order valence-corrected chi connectivity index (χ1v) is 8.88. The van der Waals surface area contributed by atoms with Crippen molar-refractivity contribution in [2.45, 2.75) is 13.3 Å². The maximum Gasteiger partial charge on any atom is 0.228 e. The van der Waals surface area contributed by atoms with Crippen LogP contribution in [0.15, 0.2) is 30.5 Å². The number of aryl methyl sites for hydroxylation is 1. The van der Waals surface area contributed by atoms with E-state index in [1.54, 1.807) is 18.3 Å². The molecule has 116 valence electrons. The maximum absolute atomic E-state index is 12.1. The highest BCUT2D eigenvalue weighted by Gasteiger charge is 2.32. The van der Waals surface area contributed by atoms with Crippen LogP contribution >= 0.6 is 0 Å². The Morgan fingerprint density at radius 1 is 1.32 bits per heavy atom. The Hall–Kier alpha value is -2.15. The molecule has 1 amide bonds. The standard InChI is InChI=1S/C15H17N3O3S/c1-10-8-16-14(17-10)11-2-4-13(5-3-11)18-15(19)12-6-7-22(20,21)9-12/h2-5,8,12H,6-7,9H2,1H3,(H,16,17)(H,18,19). The van der Waals surface area contributed by atoms with Gasteiger partial charge in [-0.3, -0.25) is 4.79 Å². The largest absolute Gasteiger partial charge is 0.342 e. The summed E-state index contributed by atoms with van der Waals surface area (Å²) in [7, 11) is -3.05. The lowest BCUT2D eigenvalue weighted by Crippen LogP contribution is -2.23. The lowest BCUT2D eigenvalue weighted by Gasteiger charge is -2.09. The number of hydrogen-bond donors (Lipinski definition) is 2. The molecule has 0 bridgehead atoms. The minimum atomic E-state index is -3.05. The average Bonchev–Trinajstić information content (AvgIpc) is 3.05. The predicted octanol–water partition coefficient (Wildman–Crippen LogP) is 1.76. The number of H-pyrrole nitrogens is 1. The molecule has 0 radical (unpaired) electrons. The second-order valence-corrected chi connectivity index (χ2v) is 7.81. The molecule has 1 aliphatic heterocycles. The number of nitrogens with one attached hydrogen (secondary N) is 2. The topological polar surface area (TPSA) is 91.9 Å². The summed E-state index contributed by atoms with van der Waals surface area (Å²) in [5, 5.41) is 2.77. The number of aromatic amines is 1. The fourth-order valence-corrected chi connectivity index (χ4v) is 4.26. The quantitative estimate of drug-likeness (QED) is 0.901. The molecule has 2 heterocycles. The summed E-state index contributed by atoms with van der Waals surface area (Å²) in [4.78, 5) is 19.5. The highest BCUT2D eigenvalue weighted by atomic mass is 32.2. The minimum Gasteiger partial charge on any atom is -0.342 e. The Bertz CT molecular complexity index is 794. The van der Waals surface area contributed by atoms with Crippen LogP contribution in [0.3, 0.4) is 0 Å². The normalized spacial score (nSPS) is 20.0. The third-order valence-electron chi connectivity index (χ3n) is 3.73. The van der Waals surface area contributed by atoms with Crippen LogP contribution in [0.4, 0.5) is 5.69 Å². The van der Waals surface area contributed by atoms with Gasteiger partial charge < -0.3 is 10.3 Å². The van der Waals surface area contributed by atoms with Gasteiger partial charge in [0.25, 0.3) is 0 Å². The third-order valence-corrected chi connectivity index (χ3v) is 5.50. The smallest absolute Gasteiger partial charge is 0.228 e. The number of imidazole rings is 1. The van der Waals surface area contributed by atoms with Gasteiger partial charge in [-0.25, -0.2) is 13.4 Å². The number of sulfone groups is 1. The fraction of sp³-hybridized carbons (Fsp3) is 0.333. The summed E-state index contributed by atoms with van der Waals surface area (Å²) in [6.07, 6.45) is 2.16. The van der Waals surface area contributed by atoms with Crippen molar-refractivity contribution in [2.75, 3.05) is 16.8 Å². The molecule has 1 atom stereocenters. The summed E-state index contributed by atoms with van der Waals surface area (Å²) in [6.45, 7) is 1.93. The van der Waals surface area contributed by atoms with Crippen LogP contribution in [0.1, 0.15) is 12.1 Å². The van der Waals surface area contributed by atoms with E-state index in [1.165, 1.54) is 0 Å². The number of carbonyl (C=O) groups excluding carboxylic acids is 1. The summed E-state index contributed by atoms with van der Waals surface area (Å²) >= 11 is 0. The van der Waals surface area contributed by atoms with Crippen LogP contribution in [0.2, 0.25) is 0 Å². The zero-order valence-electron chi connectivity index (χ0n) is 12.2. The van der Waals surface area contributed by atoms with Gasteiger partial charge in [-0.1, -0.05) is 0 Å². The number of aromatic nitrogens is 2. The molecule has 2 aromatic rings. The molecule has 1 aliphatic rings. The van der Waals surface area contributed by atoms with Crippen LogP contribution in [0, 0.1) is 12.8 Å². The molecule has 1 aromatic heterocycles. The maximum atomic E-state index is 12.1. The number of carbonyl (C=O) groups is 1. The van der Waals surface area contributed by atoms with Gasteiger partial charge in [0.15, 0.2) is 9.84 Å². The van der Waals surface area contributed by atoms with Crippen molar-refractivity contribution in [3.8, 4) is 11.4 Å². The van der Waals surface area contributed by atoms with Crippen molar-refractivity contribution >= 4 is 21.4 Å². The van der Waals surface area contributed by atoms with Crippen molar-refractivity contribution in [1.29, 1.82) is 0 Å². The zero-order chi connectivity index (χ0) is 15.7. The van der Waals surface area contributed by atoms with E-state index in [4.69, 9.17) is 0 Å². The fourth-order valence-electron chi connectivity index (χ4n) is 2.52. The van der Waals surface area contributed by atoms with Gasteiger partial charge in [0.05, 0.1) is 17.4 Å². The molecule has 22 heavy (non-hydrogen) atoms. The van der Waals surface area contributed by atoms with Gasteiger partial charge in [0.1, 0.15) is 5.82 Å². The number of benzene rings is 1. The number of nitrogens with zero attached hydrogens (tertiary/aromatic N) is 1. The van der Waals surface area contributed by atoms with Gasteiger partial charge in [0, 0.05) is 23.1 Å². The molecule has 3 rings (SSSR count). The van der Waals surface area contributed by atoms with Crippen molar-refractivity contribution in [1.82, 2.24) is 9.97 Å². The molecular formula is C15H17N3O3S. The molecule has 2 N–H and O–H groups in total. The van der Waals surface area contributed by atoms with E-state index in [2.05, 4.69) is 15.3 Å². The third kappa shape index (κ3) is 3.19. The second-order valence-electron chi connectivity index (χ2n) is 5.58. The lowest BCUT2D eigenvalue weighted by molar-refractivity contribution is -0.119. The number of hydrogen-bond acceptors (Lipinski definition) is 4. The first-order chi connectivity index (χ1) is 10.4. The summed E-state index contributed by atoms with van der Waals surface area (Å²) in [5.41, 5.74) is 2.56. The van der Waals surface area contributed by atoms with Gasteiger partial charge in [0.2, 0.25) is 5.91 Å². The van der Waals surface area contributed by atoms with Crippen molar-refractivity contribution in [3.05, 3.63) is 36.2 Å². The van der Waals surface area contributed by atoms with Crippen LogP contribution in [0.5, 0.6) is 0 Å². The van der Waals surface area contributed by atoms with E-state index >= 15 is 0 Å². The molecule has 1 fully saturated rings. The SMILES string of the molecule is Cc1cnc(-c2ccc(NC(=O)C3CCS(=O)(=O)C3)cc2)[nH]1. The summed E-state index contributed by atoms with van der Waals surface area (Å²) in [6, 6.07) is 7.29. The Kier molecular flexibility index (Phi) is 3.74. The van der Waals surface area contributed by atoms with Crippen LogP contribution in [-0.4, -0.2) is 35.8 Å². The lowest BCUT2D eigenvalue weighted by atomic mass is 10.1. The van der Waals surface area contributed by atoms with E-state index in [-0.39, 0.29) is 17.4 Å². The van der Waals surface area contributed by atoms with E-state index < -0.39 is 15.8 Å². The second kappa shape index (κ2) is 5.57. The van der Waals surface area contributed by atoms with Crippen molar-refractivity contribution < 1.29 is 13.2 Å². The van der Waals surface area contributed by atoms with Gasteiger partial charge in [-0.2, -0.15) is 0 Å². The molecule has 1 aromatic carbocycles. The molecule has 1 saturated heterocycles. The van der Waals surface area contributed by atoms with E-state index in [9.17, 15) is 13.2 Å². The van der Waals surface area contributed by atoms with Crippen LogP contribution in [-0.2, 0) is 14.6 Å². The van der Waals surface area contributed by atoms with Gasteiger partial charge in [-0.05, 0) is 37.6 Å². The highest BCUT2D eigenvalue weighted by molar-refractivity contribution is 7.91. The molecule has 6 nitrogen and oxygen atoms in total. The Balaban J connectivity index is 1.67. The summed E-state index contributed by atoms with van der Waals surface area (Å²) in [5.74, 6) is 0.141. The van der Waals surface area contributed by atoms with E-state index in [0.29, 0.717) is 12.1 Å². The number of rotatable bonds is 3. The molecule has 1 unspecified atom stereocenters. The number of amides is 1. The van der Waals surface area contributed by atoms with E-state index in [1.807, 2.05) is 19.1 Å². The average molecular weight is 319 g/mol. The molecule has 0 spiro atoms. The molecular weight excluding hydrogens is 302 g/mol. The first-order valence-electron chi connectivity index (χ1n) is 7.06. The molecule has 0 aliphatic carbocycles.